The molecule has 5 heteroatoms. The maximum atomic E-state index is 13.6. The van der Waals surface area contributed by atoms with Crippen molar-refractivity contribution >= 4 is 6.09 Å². The van der Waals surface area contributed by atoms with Gasteiger partial charge >= 0.3 is 6.09 Å². The van der Waals surface area contributed by atoms with Gasteiger partial charge in [-0.2, -0.15) is 0 Å². The van der Waals surface area contributed by atoms with Gasteiger partial charge in [0, 0.05) is 18.5 Å². The lowest BCUT2D eigenvalue weighted by atomic mass is 9.79. The van der Waals surface area contributed by atoms with E-state index in [0.29, 0.717) is 26.1 Å². The third-order valence-electron chi connectivity index (χ3n) is 4.01. The average molecular weight is 333 g/mol. The second kappa shape index (κ2) is 7.48. The van der Waals surface area contributed by atoms with E-state index in [1.165, 1.54) is 0 Å². The zero-order chi connectivity index (χ0) is 17.7. The number of rotatable bonds is 1. The number of piperidine rings is 1. The SMILES string of the molecule is CCOC(=O)N1CC/C(=C\C#Cc2cc(F)ccc2F)C(C)(C)C1. The van der Waals surface area contributed by atoms with Crippen molar-refractivity contribution in [3.63, 3.8) is 0 Å². The first-order valence-electron chi connectivity index (χ1n) is 7.91. The molecule has 2 rings (SSSR count). The maximum Gasteiger partial charge on any atom is 0.409 e. The highest BCUT2D eigenvalue weighted by atomic mass is 19.1. The summed E-state index contributed by atoms with van der Waals surface area (Å²) in [6.45, 7) is 7.27. The van der Waals surface area contributed by atoms with Gasteiger partial charge in [-0.25, -0.2) is 13.6 Å². The number of amides is 1. The summed E-state index contributed by atoms with van der Waals surface area (Å²) in [5, 5.41) is 0. The van der Waals surface area contributed by atoms with E-state index in [-0.39, 0.29) is 17.1 Å². The largest absolute Gasteiger partial charge is 0.450 e. The van der Waals surface area contributed by atoms with Crippen LogP contribution in [0.5, 0.6) is 0 Å². The number of nitrogens with zero attached hydrogens (tertiary/aromatic N) is 1. The molecular weight excluding hydrogens is 312 g/mol. The number of halogens is 2. The molecule has 0 unspecified atom stereocenters. The van der Waals surface area contributed by atoms with E-state index < -0.39 is 11.6 Å². The van der Waals surface area contributed by atoms with E-state index >= 15 is 0 Å². The van der Waals surface area contributed by atoms with E-state index in [4.69, 9.17) is 4.74 Å². The summed E-state index contributed by atoms with van der Waals surface area (Å²) < 4.78 is 31.7. The maximum absolute atomic E-state index is 13.6. The van der Waals surface area contributed by atoms with Gasteiger partial charge in [-0.15, -0.1) is 0 Å². The van der Waals surface area contributed by atoms with Crippen molar-refractivity contribution in [1.82, 2.24) is 4.90 Å². The first kappa shape index (κ1) is 18.0. The van der Waals surface area contributed by atoms with Crippen LogP contribution < -0.4 is 0 Å². The number of benzene rings is 1. The summed E-state index contributed by atoms with van der Waals surface area (Å²) >= 11 is 0. The van der Waals surface area contributed by atoms with E-state index in [1.54, 1.807) is 17.9 Å². The van der Waals surface area contributed by atoms with Gasteiger partial charge in [0.2, 0.25) is 0 Å². The lowest BCUT2D eigenvalue weighted by Crippen LogP contribution is -2.45. The Labute approximate surface area is 141 Å². The van der Waals surface area contributed by atoms with Crippen LogP contribution in [0.2, 0.25) is 0 Å². The molecule has 0 atom stereocenters. The predicted octanol–water partition coefficient (Wildman–Crippen LogP) is 4.13. The quantitative estimate of drug-likeness (QED) is 0.723. The van der Waals surface area contributed by atoms with Gasteiger partial charge in [0.05, 0.1) is 12.2 Å². The Morgan fingerprint density at radius 1 is 1.42 bits per heavy atom. The highest BCUT2D eigenvalue weighted by molar-refractivity contribution is 5.68. The lowest BCUT2D eigenvalue weighted by Gasteiger charge is -2.39. The molecule has 0 bridgehead atoms. The molecule has 0 radical (unpaired) electrons. The van der Waals surface area contributed by atoms with Crippen molar-refractivity contribution < 1.29 is 18.3 Å². The normalized spacial score (nSPS) is 18.0. The fourth-order valence-electron chi connectivity index (χ4n) is 2.68. The van der Waals surface area contributed by atoms with Gasteiger partial charge in [0.25, 0.3) is 0 Å². The van der Waals surface area contributed by atoms with Crippen LogP contribution >= 0.6 is 0 Å². The van der Waals surface area contributed by atoms with Crippen LogP contribution in [0.15, 0.2) is 29.8 Å². The van der Waals surface area contributed by atoms with Gasteiger partial charge < -0.3 is 9.64 Å². The van der Waals surface area contributed by atoms with Gasteiger partial charge in [-0.05, 0) is 37.6 Å². The molecule has 1 aromatic rings. The van der Waals surface area contributed by atoms with E-state index in [2.05, 4.69) is 11.8 Å². The Hall–Kier alpha value is -2.35. The Morgan fingerprint density at radius 2 is 2.17 bits per heavy atom. The minimum absolute atomic E-state index is 0.0358. The molecule has 0 saturated carbocycles. The lowest BCUT2D eigenvalue weighted by molar-refractivity contribution is 0.0862. The van der Waals surface area contributed by atoms with Crippen LogP contribution in [0.1, 0.15) is 32.8 Å². The van der Waals surface area contributed by atoms with Gasteiger partial charge in [0.15, 0.2) is 0 Å². The number of likely N-dealkylation sites (tertiary alicyclic amines) is 1. The number of carbonyl (C=O) groups excluding carboxylic acids is 1. The van der Waals surface area contributed by atoms with E-state index in [1.807, 2.05) is 13.8 Å². The zero-order valence-corrected chi connectivity index (χ0v) is 14.2. The minimum atomic E-state index is -0.543. The number of ether oxygens (including phenoxy) is 1. The van der Waals surface area contributed by atoms with Crippen LogP contribution in [-0.4, -0.2) is 30.7 Å². The standard InChI is InChI=1S/C19H21F2NO2/c1-4-24-18(23)22-11-10-15(19(2,3)13-22)7-5-6-14-12-16(20)8-9-17(14)21/h7-9,12H,4,10-11,13H2,1-3H3/b15-7+. The molecule has 1 aliphatic heterocycles. The first-order chi connectivity index (χ1) is 11.3. The second-order valence-electron chi connectivity index (χ2n) is 6.32. The molecule has 24 heavy (non-hydrogen) atoms. The van der Waals surface area contributed by atoms with Crippen molar-refractivity contribution in [1.29, 1.82) is 0 Å². The molecule has 1 saturated heterocycles. The first-order valence-corrected chi connectivity index (χ1v) is 7.91. The van der Waals surface area contributed by atoms with Crippen molar-refractivity contribution in [2.75, 3.05) is 19.7 Å². The Bertz CT molecular complexity index is 714. The molecule has 1 aromatic carbocycles. The third-order valence-corrected chi connectivity index (χ3v) is 4.01. The van der Waals surface area contributed by atoms with Crippen molar-refractivity contribution in [2.24, 2.45) is 5.41 Å². The molecule has 1 aliphatic rings. The van der Waals surface area contributed by atoms with Crippen LogP contribution in [-0.2, 0) is 4.74 Å². The van der Waals surface area contributed by atoms with Gasteiger partial charge in [0.1, 0.15) is 11.6 Å². The Balaban J connectivity index is 2.13. The zero-order valence-electron chi connectivity index (χ0n) is 14.2. The minimum Gasteiger partial charge on any atom is -0.450 e. The topological polar surface area (TPSA) is 29.5 Å². The van der Waals surface area contributed by atoms with E-state index in [9.17, 15) is 13.6 Å². The number of allylic oxidation sites excluding steroid dienone is 1. The number of hydrogen-bond donors (Lipinski definition) is 0. The Kier molecular flexibility index (Phi) is 5.61. The molecule has 128 valence electrons. The molecule has 0 aromatic heterocycles. The monoisotopic (exact) mass is 333 g/mol. The van der Waals surface area contributed by atoms with E-state index in [0.717, 1.165) is 23.8 Å². The summed E-state index contributed by atoms with van der Waals surface area (Å²) in [7, 11) is 0. The molecule has 0 N–H and O–H groups in total. The molecule has 0 aliphatic carbocycles. The van der Waals surface area contributed by atoms with Crippen molar-refractivity contribution in [3.05, 3.63) is 47.0 Å². The number of hydrogen-bond acceptors (Lipinski definition) is 2. The van der Waals surface area contributed by atoms with Gasteiger partial charge in [-0.1, -0.05) is 31.3 Å². The summed E-state index contributed by atoms with van der Waals surface area (Å²) in [6.07, 6.45) is 2.11. The number of carbonyl (C=O) groups is 1. The van der Waals surface area contributed by atoms with Crippen LogP contribution in [0.25, 0.3) is 0 Å². The third kappa shape index (κ3) is 4.35. The van der Waals surface area contributed by atoms with Crippen LogP contribution in [0.4, 0.5) is 13.6 Å². The van der Waals surface area contributed by atoms with Crippen LogP contribution in [0, 0.1) is 28.9 Å². The summed E-state index contributed by atoms with van der Waals surface area (Å²) in [6, 6.07) is 3.21. The molecule has 1 amide bonds. The fourth-order valence-corrected chi connectivity index (χ4v) is 2.68. The molecular formula is C19H21F2NO2. The highest BCUT2D eigenvalue weighted by Crippen LogP contribution is 2.34. The van der Waals surface area contributed by atoms with Crippen molar-refractivity contribution in [2.45, 2.75) is 27.2 Å². The van der Waals surface area contributed by atoms with Gasteiger partial charge in [-0.3, -0.25) is 0 Å². The summed E-state index contributed by atoms with van der Waals surface area (Å²) in [5.74, 6) is 4.40. The summed E-state index contributed by atoms with van der Waals surface area (Å²) in [4.78, 5) is 13.5. The highest BCUT2D eigenvalue weighted by Gasteiger charge is 2.33. The average Bonchev–Trinajstić information content (AvgIpc) is 2.52. The summed E-state index contributed by atoms with van der Waals surface area (Å²) in [5.41, 5.74) is 0.862. The van der Waals surface area contributed by atoms with Crippen molar-refractivity contribution in [3.8, 4) is 11.8 Å². The smallest absolute Gasteiger partial charge is 0.409 e. The molecule has 1 heterocycles. The second-order valence-corrected chi connectivity index (χ2v) is 6.32. The molecule has 0 spiro atoms. The van der Waals surface area contributed by atoms with Crippen LogP contribution in [0.3, 0.4) is 0 Å². The molecule has 1 fully saturated rings. The molecule has 3 nitrogen and oxygen atoms in total. The predicted molar refractivity (Wildman–Crippen MR) is 88.3 cm³/mol. The Morgan fingerprint density at radius 3 is 2.83 bits per heavy atom. The fraction of sp³-hybridized carbons (Fsp3) is 0.421.